The molecule has 1 N–H and O–H groups in total. The molecular formula is C20H22N2O7. The molecule has 0 unspecified atom stereocenters. The molecule has 29 heavy (non-hydrogen) atoms. The number of nitrogens with zero attached hydrogens (tertiary/aromatic N) is 1. The molecule has 0 saturated carbocycles. The van der Waals surface area contributed by atoms with Crippen LogP contribution in [-0.4, -0.2) is 56.1 Å². The van der Waals surface area contributed by atoms with E-state index in [4.69, 9.17) is 9.47 Å². The van der Waals surface area contributed by atoms with E-state index in [0.29, 0.717) is 23.3 Å². The summed E-state index contributed by atoms with van der Waals surface area (Å²) in [5, 5.41) is 2.50. The first-order valence-corrected chi connectivity index (χ1v) is 8.85. The molecule has 0 saturated heterocycles. The molecule has 0 fully saturated rings. The zero-order valence-corrected chi connectivity index (χ0v) is 16.4. The van der Waals surface area contributed by atoms with E-state index in [-0.39, 0.29) is 18.8 Å². The Morgan fingerprint density at radius 2 is 1.76 bits per heavy atom. The third-order valence-corrected chi connectivity index (χ3v) is 4.08. The molecule has 0 bridgehead atoms. The van der Waals surface area contributed by atoms with Crippen molar-refractivity contribution in [2.24, 2.45) is 0 Å². The number of hydrogen-bond donors (Lipinski definition) is 1. The summed E-state index contributed by atoms with van der Waals surface area (Å²) in [5.41, 5.74) is 1.25. The normalized spacial score (nSPS) is 13.1. The van der Waals surface area contributed by atoms with Gasteiger partial charge in [0.15, 0.2) is 0 Å². The molecule has 9 heteroatoms. The van der Waals surface area contributed by atoms with E-state index in [1.165, 1.54) is 38.5 Å². The van der Waals surface area contributed by atoms with Crippen LogP contribution in [-0.2, 0) is 25.5 Å². The number of carbonyl (C=O) groups is 4. The van der Waals surface area contributed by atoms with E-state index < -0.39 is 23.9 Å². The molecule has 9 nitrogen and oxygen atoms in total. The number of amides is 3. The lowest BCUT2D eigenvalue weighted by atomic mass is 10.1. The van der Waals surface area contributed by atoms with Gasteiger partial charge >= 0.3 is 12.1 Å². The van der Waals surface area contributed by atoms with Crippen molar-refractivity contribution in [3.63, 3.8) is 0 Å². The molecule has 1 aliphatic heterocycles. The van der Waals surface area contributed by atoms with Gasteiger partial charge in [-0.1, -0.05) is 6.92 Å². The quantitative estimate of drug-likeness (QED) is 0.398. The predicted molar refractivity (Wildman–Crippen MR) is 103 cm³/mol. The van der Waals surface area contributed by atoms with Crippen molar-refractivity contribution >= 4 is 30.0 Å². The second-order valence-electron chi connectivity index (χ2n) is 5.89. The summed E-state index contributed by atoms with van der Waals surface area (Å²) in [6.07, 6.45) is 4.89. The molecular weight excluding hydrogens is 380 g/mol. The standard InChI is InChI=1S/C20H22N2O7/c1-4-14-15(27-2)11-13(5-8-19(25)28-3)12-16(14)29-20(26)21-9-10-22-17(23)6-7-18(22)24/h5-8,11-12H,4,9-10H2,1-3H3,(H,21,26)/b8-5+. The van der Waals surface area contributed by atoms with Gasteiger partial charge in [-0.15, -0.1) is 0 Å². The van der Waals surface area contributed by atoms with E-state index in [2.05, 4.69) is 10.1 Å². The van der Waals surface area contributed by atoms with Crippen molar-refractivity contribution in [1.82, 2.24) is 10.2 Å². The molecule has 0 aliphatic carbocycles. The number of hydrogen-bond acceptors (Lipinski definition) is 7. The maximum Gasteiger partial charge on any atom is 0.412 e. The Labute approximate surface area is 167 Å². The molecule has 154 valence electrons. The average Bonchev–Trinajstić information content (AvgIpc) is 3.03. The molecule has 0 spiro atoms. The van der Waals surface area contributed by atoms with Crippen LogP contribution >= 0.6 is 0 Å². The maximum atomic E-state index is 12.2. The Balaban J connectivity index is 2.07. The van der Waals surface area contributed by atoms with Crippen LogP contribution in [0.1, 0.15) is 18.1 Å². The van der Waals surface area contributed by atoms with Gasteiger partial charge < -0.3 is 19.5 Å². The average molecular weight is 402 g/mol. The van der Waals surface area contributed by atoms with E-state index in [9.17, 15) is 19.2 Å². The SMILES string of the molecule is CCc1c(OC)cc(/C=C/C(=O)OC)cc1OC(=O)NCCN1C(=O)C=CC1=O. The fourth-order valence-electron chi connectivity index (χ4n) is 2.65. The van der Waals surface area contributed by atoms with Crippen molar-refractivity contribution in [3.05, 3.63) is 41.5 Å². The number of nitrogens with one attached hydrogen (secondary N) is 1. The highest BCUT2D eigenvalue weighted by molar-refractivity contribution is 6.12. The Bertz CT molecular complexity index is 856. The highest BCUT2D eigenvalue weighted by atomic mass is 16.6. The molecule has 1 heterocycles. The van der Waals surface area contributed by atoms with Crippen LogP contribution in [0.15, 0.2) is 30.4 Å². The zero-order chi connectivity index (χ0) is 21.4. The Kier molecular flexibility index (Phi) is 7.53. The first-order valence-electron chi connectivity index (χ1n) is 8.85. The van der Waals surface area contributed by atoms with Crippen LogP contribution in [0.4, 0.5) is 4.79 Å². The van der Waals surface area contributed by atoms with Crippen molar-refractivity contribution in [1.29, 1.82) is 0 Å². The van der Waals surface area contributed by atoms with Crippen molar-refractivity contribution < 1.29 is 33.4 Å². The van der Waals surface area contributed by atoms with Crippen molar-refractivity contribution in [3.8, 4) is 11.5 Å². The van der Waals surface area contributed by atoms with Gasteiger partial charge in [-0.3, -0.25) is 14.5 Å². The van der Waals surface area contributed by atoms with E-state index >= 15 is 0 Å². The molecule has 1 aliphatic rings. The Morgan fingerprint density at radius 3 is 2.34 bits per heavy atom. The zero-order valence-electron chi connectivity index (χ0n) is 16.4. The molecule has 3 amide bonds. The number of esters is 1. The van der Waals surface area contributed by atoms with Gasteiger partial charge in [-0.2, -0.15) is 0 Å². The van der Waals surface area contributed by atoms with Gasteiger partial charge in [0.25, 0.3) is 11.8 Å². The molecule has 0 atom stereocenters. The van der Waals surface area contributed by atoms with Gasteiger partial charge in [-0.05, 0) is 30.2 Å². The fourth-order valence-corrected chi connectivity index (χ4v) is 2.65. The van der Waals surface area contributed by atoms with Crippen LogP contribution in [0.2, 0.25) is 0 Å². The molecule has 1 aromatic rings. The minimum atomic E-state index is -0.747. The number of ether oxygens (including phenoxy) is 3. The molecule has 0 radical (unpaired) electrons. The summed E-state index contributed by atoms with van der Waals surface area (Å²) in [6.45, 7) is 1.95. The van der Waals surface area contributed by atoms with Gasteiger partial charge in [0.05, 0.1) is 14.2 Å². The third-order valence-electron chi connectivity index (χ3n) is 4.08. The van der Waals surface area contributed by atoms with Crippen LogP contribution in [0.3, 0.4) is 0 Å². The largest absolute Gasteiger partial charge is 0.496 e. The van der Waals surface area contributed by atoms with Crippen LogP contribution in [0, 0.1) is 0 Å². The number of benzene rings is 1. The summed E-state index contributed by atoms with van der Waals surface area (Å²) in [4.78, 5) is 47.5. The summed E-state index contributed by atoms with van der Waals surface area (Å²) in [6, 6.07) is 3.30. The third kappa shape index (κ3) is 5.68. The van der Waals surface area contributed by atoms with Gasteiger partial charge in [0.1, 0.15) is 11.5 Å². The second kappa shape index (κ2) is 10.1. The van der Waals surface area contributed by atoms with Crippen molar-refractivity contribution in [2.45, 2.75) is 13.3 Å². The van der Waals surface area contributed by atoms with Crippen molar-refractivity contribution in [2.75, 3.05) is 27.3 Å². The lowest BCUT2D eigenvalue weighted by Gasteiger charge is -2.16. The van der Waals surface area contributed by atoms with E-state index in [1.54, 1.807) is 12.1 Å². The van der Waals surface area contributed by atoms with Crippen LogP contribution in [0.25, 0.3) is 6.08 Å². The fraction of sp³-hybridized carbons (Fsp3) is 0.300. The number of rotatable bonds is 8. The number of methoxy groups -OCH3 is 2. The number of carbonyl (C=O) groups excluding carboxylic acids is 4. The summed E-state index contributed by atoms with van der Waals surface area (Å²) >= 11 is 0. The van der Waals surface area contributed by atoms with Crippen LogP contribution < -0.4 is 14.8 Å². The summed E-state index contributed by atoms with van der Waals surface area (Å²) in [7, 11) is 2.76. The first-order chi connectivity index (χ1) is 13.9. The van der Waals surface area contributed by atoms with Gasteiger partial charge in [-0.25, -0.2) is 9.59 Å². The number of imide groups is 1. The predicted octanol–water partition coefficient (Wildman–Crippen LogP) is 1.46. The summed E-state index contributed by atoms with van der Waals surface area (Å²) < 4.78 is 15.3. The maximum absolute atomic E-state index is 12.2. The van der Waals surface area contributed by atoms with Crippen LogP contribution in [0.5, 0.6) is 11.5 Å². The van der Waals surface area contributed by atoms with E-state index in [0.717, 1.165) is 4.90 Å². The van der Waals surface area contributed by atoms with Gasteiger partial charge in [0.2, 0.25) is 0 Å². The lowest BCUT2D eigenvalue weighted by Crippen LogP contribution is -2.39. The highest BCUT2D eigenvalue weighted by Crippen LogP contribution is 2.32. The van der Waals surface area contributed by atoms with E-state index in [1.807, 2.05) is 6.92 Å². The smallest absolute Gasteiger partial charge is 0.412 e. The summed E-state index contributed by atoms with van der Waals surface area (Å²) in [5.74, 6) is -0.601. The Morgan fingerprint density at radius 1 is 1.10 bits per heavy atom. The minimum Gasteiger partial charge on any atom is -0.496 e. The topological polar surface area (TPSA) is 111 Å². The second-order valence-corrected chi connectivity index (χ2v) is 5.89. The lowest BCUT2D eigenvalue weighted by molar-refractivity contribution is -0.137. The minimum absolute atomic E-state index is 0.0334. The Hall–Kier alpha value is -3.62. The monoisotopic (exact) mass is 402 g/mol. The first kappa shape index (κ1) is 21.7. The molecule has 0 aromatic heterocycles. The molecule has 2 rings (SSSR count). The highest BCUT2D eigenvalue weighted by Gasteiger charge is 2.23. The van der Waals surface area contributed by atoms with Gasteiger partial charge in [0, 0.05) is 36.9 Å². The molecule has 1 aromatic carbocycles.